The van der Waals surface area contributed by atoms with Crippen LogP contribution in [0.1, 0.15) is 31.5 Å². The molecule has 0 radical (unpaired) electrons. The Balaban J connectivity index is 2.46. The summed E-state index contributed by atoms with van der Waals surface area (Å²) < 4.78 is 3.02. The highest BCUT2D eigenvalue weighted by molar-refractivity contribution is 9.10. The molecule has 1 aliphatic rings. The average Bonchev–Trinajstić information content (AvgIpc) is 2.35. The van der Waals surface area contributed by atoms with Crippen molar-refractivity contribution in [1.29, 1.82) is 0 Å². The topological polar surface area (TPSA) is 30.7 Å². The largest absolute Gasteiger partial charge is 0.305 e. The van der Waals surface area contributed by atoms with E-state index in [1.54, 1.807) is 0 Å². The van der Waals surface area contributed by atoms with Crippen LogP contribution in [-0.4, -0.2) is 14.8 Å². The molecule has 1 aliphatic heterocycles. The molecule has 1 aromatic heterocycles. The Kier molecular flexibility index (Phi) is 1.71. The van der Waals surface area contributed by atoms with Gasteiger partial charge < -0.3 is 4.57 Å². The Bertz CT molecular complexity index is 269. The quantitative estimate of drug-likeness (QED) is 0.663. The normalized spacial score (nSPS) is 23.3. The van der Waals surface area contributed by atoms with Crippen molar-refractivity contribution < 1.29 is 0 Å². The van der Waals surface area contributed by atoms with Crippen LogP contribution in [0.25, 0.3) is 0 Å². The zero-order valence-corrected chi connectivity index (χ0v) is 8.00. The lowest BCUT2D eigenvalue weighted by molar-refractivity contribution is 0.459. The number of aromatic nitrogens is 3. The highest BCUT2D eigenvalue weighted by atomic mass is 79.9. The van der Waals surface area contributed by atoms with Crippen LogP contribution in [0.2, 0.25) is 0 Å². The van der Waals surface area contributed by atoms with E-state index in [2.05, 4.69) is 37.6 Å². The van der Waals surface area contributed by atoms with E-state index in [0.29, 0.717) is 5.92 Å². The van der Waals surface area contributed by atoms with Crippen molar-refractivity contribution in [2.24, 2.45) is 0 Å². The molecule has 0 amide bonds. The molecule has 0 saturated heterocycles. The van der Waals surface area contributed by atoms with E-state index in [4.69, 9.17) is 0 Å². The van der Waals surface area contributed by atoms with Crippen LogP contribution >= 0.6 is 15.9 Å². The Hall–Kier alpha value is -0.380. The number of nitrogens with zero attached hydrogens (tertiary/aromatic N) is 3. The second-order valence-corrected chi connectivity index (χ2v) is 3.73. The van der Waals surface area contributed by atoms with Gasteiger partial charge in [-0.15, -0.1) is 10.2 Å². The Labute approximate surface area is 73.9 Å². The third kappa shape index (κ3) is 1.09. The van der Waals surface area contributed by atoms with Crippen LogP contribution in [0.15, 0.2) is 4.73 Å². The van der Waals surface area contributed by atoms with Crippen molar-refractivity contribution in [2.75, 3.05) is 0 Å². The summed E-state index contributed by atoms with van der Waals surface area (Å²) in [6, 6.07) is 0. The minimum Gasteiger partial charge on any atom is -0.305 e. The fourth-order valence-electron chi connectivity index (χ4n) is 1.55. The van der Waals surface area contributed by atoms with Crippen molar-refractivity contribution in [3.63, 3.8) is 0 Å². The van der Waals surface area contributed by atoms with Crippen LogP contribution in [0.5, 0.6) is 0 Å². The van der Waals surface area contributed by atoms with E-state index < -0.39 is 0 Å². The van der Waals surface area contributed by atoms with Gasteiger partial charge in [-0.25, -0.2) is 0 Å². The molecule has 0 aliphatic carbocycles. The molecular weight excluding hydrogens is 206 g/mol. The van der Waals surface area contributed by atoms with Gasteiger partial charge in [0.15, 0.2) is 4.73 Å². The van der Waals surface area contributed by atoms with E-state index in [9.17, 15) is 0 Å². The number of hydrogen-bond acceptors (Lipinski definition) is 2. The lowest BCUT2D eigenvalue weighted by atomic mass is 10.0. The van der Waals surface area contributed by atoms with Crippen molar-refractivity contribution in [3.05, 3.63) is 10.6 Å². The predicted octanol–water partition coefficient (Wildman–Crippen LogP) is 1.94. The highest BCUT2D eigenvalue weighted by Crippen LogP contribution is 2.26. The van der Waals surface area contributed by atoms with Crippen LogP contribution in [0.3, 0.4) is 0 Å². The van der Waals surface area contributed by atoms with Crippen LogP contribution in [0, 0.1) is 0 Å². The first-order chi connectivity index (χ1) is 5.29. The number of rotatable bonds is 0. The lowest BCUT2D eigenvalue weighted by Gasteiger charge is -2.18. The fourth-order valence-corrected chi connectivity index (χ4v) is 1.99. The predicted molar refractivity (Wildman–Crippen MR) is 45.4 cm³/mol. The molecule has 0 saturated carbocycles. The zero-order valence-electron chi connectivity index (χ0n) is 6.42. The molecule has 3 nitrogen and oxygen atoms in total. The molecule has 2 rings (SSSR count). The van der Waals surface area contributed by atoms with Gasteiger partial charge in [-0.1, -0.05) is 6.92 Å². The first-order valence-corrected chi connectivity index (χ1v) is 4.67. The average molecular weight is 216 g/mol. The van der Waals surface area contributed by atoms with Gasteiger partial charge in [0, 0.05) is 12.5 Å². The lowest BCUT2D eigenvalue weighted by Crippen LogP contribution is -2.13. The summed E-state index contributed by atoms with van der Waals surface area (Å²) in [5, 5.41) is 8.08. The maximum atomic E-state index is 4.10. The molecule has 0 N–H and O–H groups in total. The fraction of sp³-hybridized carbons (Fsp3) is 0.714. The van der Waals surface area contributed by atoms with Gasteiger partial charge in [-0.3, -0.25) is 0 Å². The van der Waals surface area contributed by atoms with Gasteiger partial charge in [-0.2, -0.15) is 0 Å². The third-order valence-corrected chi connectivity index (χ3v) is 2.78. The molecule has 1 atom stereocenters. The first-order valence-electron chi connectivity index (χ1n) is 3.87. The van der Waals surface area contributed by atoms with Gasteiger partial charge in [-0.05, 0) is 28.8 Å². The summed E-state index contributed by atoms with van der Waals surface area (Å²) in [5.41, 5.74) is 0. The van der Waals surface area contributed by atoms with E-state index in [1.807, 2.05) is 0 Å². The molecule has 0 bridgehead atoms. The summed E-state index contributed by atoms with van der Waals surface area (Å²) in [6.45, 7) is 3.26. The SMILES string of the molecule is CC1CCCn2c(Br)nnc21. The maximum Gasteiger partial charge on any atom is 0.200 e. The number of halogens is 1. The van der Waals surface area contributed by atoms with Crippen LogP contribution in [-0.2, 0) is 6.54 Å². The monoisotopic (exact) mass is 215 g/mol. The molecule has 0 fully saturated rings. The number of hydrogen-bond donors (Lipinski definition) is 0. The summed E-state index contributed by atoms with van der Waals surface area (Å²) in [7, 11) is 0. The summed E-state index contributed by atoms with van der Waals surface area (Å²) in [5.74, 6) is 1.70. The number of fused-ring (bicyclic) bond motifs is 1. The molecule has 60 valence electrons. The summed E-state index contributed by atoms with van der Waals surface area (Å²) in [6.07, 6.45) is 2.48. The van der Waals surface area contributed by atoms with Crippen molar-refractivity contribution in [3.8, 4) is 0 Å². The van der Waals surface area contributed by atoms with Gasteiger partial charge in [0.25, 0.3) is 0 Å². The van der Waals surface area contributed by atoms with Gasteiger partial charge >= 0.3 is 0 Å². The highest BCUT2D eigenvalue weighted by Gasteiger charge is 2.20. The van der Waals surface area contributed by atoms with Crippen molar-refractivity contribution in [1.82, 2.24) is 14.8 Å². The van der Waals surface area contributed by atoms with Crippen LogP contribution in [0.4, 0.5) is 0 Å². The molecule has 1 aromatic rings. The maximum absolute atomic E-state index is 4.10. The Morgan fingerprint density at radius 3 is 3.09 bits per heavy atom. The molecule has 1 unspecified atom stereocenters. The van der Waals surface area contributed by atoms with Crippen molar-refractivity contribution >= 4 is 15.9 Å². The Morgan fingerprint density at radius 1 is 1.55 bits per heavy atom. The zero-order chi connectivity index (χ0) is 7.84. The van der Waals surface area contributed by atoms with Gasteiger partial charge in [0.1, 0.15) is 5.82 Å². The molecule has 0 spiro atoms. The molecule has 2 heterocycles. The van der Waals surface area contributed by atoms with E-state index in [1.165, 1.54) is 12.8 Å². The summed E-state index contributed by atoms with van der Waals surface area (Å²) in [4.78, 5) is 0. The van der Waals surface area contributed by atoms with Crippen LogP contribution < -0.4 is 0 Å². The van der Waals surface area contributed by atoms with E-state index in [-0.39, 0.29) is 0 Å². The third-order valence-electron chi connectivity index (χ3n) is 2.19. The smallest absolute Gasteiger partial charge is 0.200 e. The second kappa shape index (κ2) is 2.59. The second-order valence-electron chi connectivity index (χ2n) is 3.02. The van der Waals surface area contributed by atoms with Gasteiger partial charge in [0.05, 0.1) is 0 Å². The molecular formula is C7H10BrN3. The first kappa shape index (κ1) is 7.28. The molecule has 0 aromatic carbocycles. The minimum atomic E-state index is 0.572. The van der Waals surface area contributed by atoms with Crippen molar-refractivity contribution in [2.45, 2.75) is 32.2 Å². The van der Waals surface area contributed by atoms with E-state index in [0.717, 1.165) is 17.1 Å². The summed E-state index contributed by atoms with van der Waals surface area (Å²) >= 11 is 3.37. The molecule has 4 heteroatoms. The van der Waals surface area contributed by atoms with E-state index >= 15 is 0 Å². The standard InChI is InChI=1S/C7H10BrN3/c1-5-3-2-4-11-6(5)9-10-7(11)8/h5H,2-4H2,1H3. The molecule has 11 heavy (non-hydrogen) atoms. The minimum absolute atomic E-state index is 0.572. The van der Waals surface area contributed by atoms with Gasteiger partial charge in [0.2, 0.25) is 0 Å². The Morgan fingerprint density at radius 2 is 2.36 bits per heavy atom.